The third-order valence-corrected chi connectivity index (χ3v) is 13.0. The van der Waals surface area contributed by atoms with Gasteiger partial charge in [0.15, 0.2) is 11.4 Å². The first kappa shape index (κ1) is 87.0. The van der Waals surface area contributed by atoms with Gasteiger partial charge >= 0.3 is 109 Å². The molecule has 0 aliphatic carbocycles. The minimum absolute atomic E-state index is 0. The fraction of sp³-hybridized carbons (Fsp3) is 0.310. The van der Waals surface area contributed by atoms with E-state index in [1.54, 1.807) is 99.6 Å². The van der Waals surface area contributed by atoms with Crippen molar-refractivity contribution in [3.63, 3.8) is 0 Å². The zero-order chi connectivity index (χ0) is 67.6. The molecule has 2 unspecified atom stereocenters. The zero-order valence-electron chi connectivity index (χ0n) is 51.6. The Morgan fingerprint density at radius 3 is 1.48 bits per heavy atom. The quantitative estimate of drug-likeness (QED) is 0.0101. The van der Waals surface area contributed by atoms with Crippen LogP contribution in [-0.2, 0) is 66.3 Å². The number of Topliss-reactive ketones (excluding diaryl/α,β-unsaturated/α-hetero) is 1. The molecular weight excluding hydrogens is 1350 g/mol. The number of primary amides is 2. The van der Waals surface area contributed by atoms with Crippen LogP contribution >= 0.6 is 46.4 Å². The number of rotatable bonds is 24. The molecule has 2 aromatic heterocycles. The molecule has 490 valence electrons. The molecule has 0 fully saturated rings. The standard InChI is InChI=1S/C22H23ClFN5O4.C12H16ClFN2O2.C10H9Cl2FO.C10H9N3O3.C3H9NO.CH2O3.2K.H/c1-13(12-30)28(10-18(31)26-9-14-5-4-7-16(23)20(14)24)19(32)11-29-17-8-3-2-6-15(17)21(27-29)22(25)33;1-8(7-17)15-6-11(18)16-5-9-3-2-4-10(13)12(9)14;11-6-8(14)5-4-7-2-1-3-9(12)10(7)13;11-10(16)9-6-3-1-2-4-7(6)13(12-9)5-8(14)15;1-3(4)2-5;2-1-4-3;;;/h2-8,13,30H,9-12H2,1H3,(H2,25,33)(H,26,31);2-4,8,15,17H,5-7H2,1H3,(H,16,18);1-3H,4-6H2;1-4H,5H2,(H2,11,16)(H,14,15);3,5H,2,4H2,1H3;1,3H;;;/q;;;;;;2*+1;-1/p-1/t13-;;;;;;;;/m1......../s1. The Balaban J connectivity index is 0. The molecule has 2 heterocycles. The molecular formula is C58H68Cl4F3K2N11O14. The van der Waals surface area contributed by atoms with Crippen LogP contribution in [0, 0.1) is 17.5 Å². The molecule has 0 spiro atoms. The second-order valence-electron chi connectivity index (χ2n) is 18.9. The molecule has 92 heavy (non-hydrogen) atoms. The number of hydrogen-bond donors (Lipinski definition) is 10. The normalized spacial score (nSPS) is 11.1. The van der Waals surface area contributed by atoms with Crippen molar-refractivity contribution in [3.8, 4) is 0 Å². The fourth-order valence-corrected chi connectivity index (χ4v) is 7.96. The molecule has 0 aliphatic heterocycles. The molecule has 3 atom stereocenters. The van der Waals surface area contributed by atoms with Gasteiger partial charge in [0.05, 0.1) is 70.9 Å². The number of hydrogen-bond acceptors (Lipinski definition) is 17. The number of carboxylic acids is 1. The molecule has 13 N–H and O–H groups in total. The van der Waals surface area contributed by atoms with Gasteiger partial charge in [0.25, 0.3) is 18.3 Å². The first-order chi connectivity index (χ1) is 42.7. The summed E-state index contributed by atoms with van der Waals surface area (Å²) >= 11 is 22.3. The Bertz CT molecular complexity index is 3530. The number of amides is 5. The molecule has 0 saturated carbocycles. The van der Waals surface area contributed by atoms with E-state index in [2.05, 4.69) is 31.0 Å². The first-order valence-corrected chi connectivity index (χ1v) is 28.3. The Morgan fingerprint density at radius 2 is 1.09 bits per heavy atom. The second-order valence-corrected chi connectivity index (χ2v) is 20.4. The molecule has 5 amide bonds. The number of alkyl halides is 1. The van der Waals surface area contributed by atoms with Crippen molar-refractivity contribution < 1.29 is 186 Å². The van der Waals surface area contributed by atoms with Crippen LogP contribution in [0.3, 0.4) is 0 Å². The number of carbonyl (C=O) groups is 8. The predicted molar refractivity (Wildman–Crippen MR) is 328 cm³/mol. The minimum atomic E-state index is -1.02. The molecule has 25 nitrogen and oxygen atoms in total. The van der Waals surface area contributed by atoms with E-state index >= 15 is 0 Å². The number of nitrogens with two attached hydrogens (primary N) is 3. The molecule has 34 heteroatoms. The minimum Gasteiger partial charge on any atom is -1.00 e. The summed E-state index contributed by atoms with van der Waals surface area (Å²) in [7, 11) is 0. The number of nitrogens with zero attached hydrogens (tertiary/aromatic N) is 5. The van der Waals surface area contributed by atoms with Gasteiger partial charge in [0.2, 0.25) is 17.7 Å². The van der Waals surface area contributed by atoms with Gasteiger partial charge < -0.3 is 70.0 Å². The smallest absolute Gasteiger partial charge is 1.00 e. The largest absolute Gasteiger partial charge is 1.00 e. The first-order valence-electron chi connectivity index (χ1n) is 26.7. The van der Waals surface area contributed by atoms with Crippen LogP contribution in [0.2, 0.25) is 15.1 Å². The number of aromatic nitrogens is 4. The van der Waals surface area contributed by atoms with Crippen molar-refractivity contribution in [2.45, 2.75) is 77.9 Å². The number of carboxylic acid groups (broad SMARTS) is 1. The number of halogens is 7. The number of carbonyl (C=O) groups excluding carboxylic acids is 7. The van der Waals surface area contributed by atoms with Crippen molar-refractivity contribution in [3.05, 3.63) is 164 Å². The zero-order valence-corrected chi connectivity index (χ0v) is 59.9. The van der Waals surface area contributed by atoms with Crippen molar-refractivity contribution in [2.24, 2.45) is 17.2 Å². The third kappa shape index (κ3) is 30.6. The summed E-state index contributed by atoms with van der Waals surface area (Å²) in [4.78, 5) is 93.7. The molecule has 7 aromatic rings. The molecule has 0 saturated heterocycles. The Labute approximate surface area is 633 Å². The number of ketones is 1. The van der Waals surface area contributed by atoms with Crippen LogP contribution in [0.15, 0.2) is 103 Å². The average molecular weight is 1420 g/mol. The summed E-state index contributed by atoms with van der Waals surface area (Å²) in [5.41, 5.74) is 17.8. The van der Waals surface area contributed by atoms with Gasteiger partial charge in [-0.2, -0.15) is 10.2 Å². The average Bonchev–Trinajstić information content (AvgIpc) is 1.67. The summed E-state index contributed by atoms with van der Waals surface area (Å²) in [5.74, 6) is -5.46. The van der Waals surface area contributed by atoms with Gasteiger partial charge in [-0.15, -0.1) is 11.6 Å². The van der Waals surface area contributed by atoms with Crippen LogP contribution in [0.25, 0.3) is 21.8 Å². The number of fused-ring (bicyclic) bond motifs is 2. The molecule has 5 aromatic carbocycles. The van der Waals surface area contributed by atoms with E-state index in [4.69, 9.17) is 89.0 Å². The van der Waals surface area contributed by atoms with Crippen LogP contribution < -0.4 is 141 Å². The van der Waals surface area contributed by atoms with Gasteiger partial charge in [-0.3, -0.25) is 47.7 Å². The molecule has 0 radical (unpaired) electrons. The van der Waals surface area contributed by atoms with E-state index in [1.807, 2.05) is 0 Å². The topological polar surface area (TPSA) is 403 Å². The van der Waals surface area contributed by atoms with Gasteiger partial charge in [0.1, 0.15) is 36.3 Å². The molecule has 7 rings (SSSR count). The Morgan fingerprint density at radius 1 is 0.674 bits per heavy atom. The summed E-state index contributed by atoms with van der Waals surface area (Å²) in [6.45, 7) is 3.65. The number of aryl methyl sites for hydroxylation is 1. The monoisotopic (exact) mass is 1420 g/mol. The summed E-state index contributed by atoms with van der Waals surface area (Å²) in [6.07, 6.45) is 0.596. The molecule has 0 aliphatic rings. The van der Waals surface area contributed by atoms with Gasteiger partial charge in [-0.1, -0.05) is 108 Å². The van der Waals surface area contributed by atoms with Gasteiger partial charge in [-0.05, 0) is 63.1 Å². The summed E-state index contributed by atoms with van der Waals surface area (Å²) in [6, 6.07) is 26.6. The maximum atomic E-state index is 14.0. The Kier molecular flexibility index (Phi) is 44.4. The van der Waals surface area contributed by atoms with E-state index in [0.717, 1.165) is 0 Å². The van der Waals surface area contributed by atoms with E-state index in [0.29, 0.717) is 39.4 Å². The maximum Gasteiger partial charge on any atom is 1.00 e. The van der Waals surface area contributed by atoms with Crippen LogP contribution in [0.4, 0.5) is 13.2 Å². The number of aliphatic hydroxyl groups is 3. The van der Waals surface area contributed by atoms with Crippen molar-refractivity contribution in [1.82, 2.24) is 40.4 Å². The van der Waals surface area contributed by atoms with Gasteiger partial charge in [0, 0.05) is 53.5 Å². The van der Waals surface area contributed by atoms with E-state index in [1.165, 1.54) is 38.5 Å². The van der Waals surface area contributed by atoms with Crippen LogP contribution in [0.1, 0.15) is 66.3 Å². The number of nitrogens with one attached hydrogen (secondary N) is 3. The molecule has 0 bridgehead atoms. The van der Waals surface area contributed by atoms with E-state index in [-0.39, 0.29) is 238 Å². The number of aliphatic hydroxyl groups excluding tert-OH is 3. The van der Waals surface area contributed by atoms with Crippen molar-refractivity contribution in [1.29, 1.82) is 0 Å². The number of aliphatic carboxylic acids is 1. The number of para-hydroxylation sites is 2. The van der Waals surface area contributed by atoms with Crippen LogP contribution in [-0.4, -0.2) is 150 Å². The summed E-state index contributed by atoms with van der Waals surface area (Å²) < 4.78 is 43.4. The third-order valence-electron chi connectivity index (χ3n) is 11.9. The SMILES string of the molecule is CC(CO)NCC(=O)NCc1cccc(Cl)c1F.CC(N)CO.C[C@H](CO)N(CC(=O)NCc1cccc(Cl)c1F)C(=O)Cn1nc(C(N)=O)c2ccccc21.NC(=O)c1nn(CC(=O)O)c2ccccc12.O=C(CCl)CCc1cccc(Cl)c1F.O=CO[O-].[H-].[K+].[K+]. The van der Waals surface area contributed by atoms with Gasteiger partial charge in [-0.25, -0.2) is 13.2 Å². The van der Waals surface area contributed by atoms with E-state index < -0.39 is 53.1 Å². The van der Waals surface area contributed by atoms with Crippen molar-refractivity contribution in [2.75, 3.05) is 38.8 Å². The fourth-order valence-electron chi connectivity index (χ4n) is 7.24. The Hall–Kier alpha value is -5.02. The maximum absolute atomic E-state index is 14.0. The van der Waals surface area contributed by atoms with Crippen molar-refractivity contribution >= 4 is 116 Å². The van der Waals surface area contributed by atoms with Crippen LogP contribution in [0.5, 0.6) is 0 Å². The van der Waals surface area contributed by atoms with E-state index in [9.17, 15) is 51.8 Å². The predicted octanol–water partition coefficient (Wildman–Crippen LogP) is -2.16. The summed E-state index contributed by atoms with van der Waals surface area (Å²) in [5, 5.41) is 60.6. The second kappa shape index (κ2) is 47.0. The number of benzene rings is 5.